The van der Waals surface area contributed by atoms with Crippen LogP contribution in [0.5, 0.6) is 0 Å². The molecule has 1 aliphatic heterocycles. The zero-order valence-corrected chi connectivity index (χ0v) is 8.14. The van der Waals surface area contributed by atoms with E-state index in [1.165, 1.54) is 4.90 Å². The molecule has 0 amide bonds. The molecular formula is C10H10N2S. The lowest BCUT2D eigenvalue weighted by Gasteiger charge is -2.11. The van der Waals surface area contributed by atoms with Crippen LogP contribution >= 0.6 is 11.8 Å². The number of hydrogen-bond donors (Lipinski definition) is 1. The summed E-state index contributed by atoms with van der Waals surface area (Å²) in [4.78, 5) is 1.25. The Kier molecular flexibility index (Phi) is 2.15. The van der Waals surface area contributed by atoms with Crippen molar-refractivity contribution in [1.82, 2.24) is 0 Å². The SMILES string of the molecule is CC(C#N)C1Nc2ccccc2S1. The highest BCUT2D eigenvalue weighted by molar-refractivity contribution is 8.00. The Morgan fingerprint density at radius 2 is 2.31 bits per heavy atom. The number of hydrogen-bond acceptors (Lipinski definition) is 3. The van der Waals surface area contributed by atoms with E-state index in [9.17, 15) is 0 Å². The fourth-order valence-corrected chi connectivity index (χ4v) is 2.44. The van der Waals surface area contributed by atoms with Gasteiger partial charge < -0.3 is 5.32 Å². The molecule has 3 heteroatoms. The summed E-state index contributed by atoms with van der Waals surface area (Å²) < 4.78 is 0. The van der Waals surface area contributed by atoms with E-state index in [2.05, 4.69) is 17.5 Å². The van der Waals surface area contributed by atoms with E-state index < -0.39 is 0 Å². The Balaban J connectivity index is 2.19. The molecule has 2 nitrogen and oxygen atoms in total. The molecule has 0 radical (unpaired) electrons. The van der Waals surface area contributed by atoms with Crippen molar-refractivity contribution < 1.29 is 0 Å². The summed E-state index contributed by atoms with van der Waals surface area (Å²) in [5.74, 6) is 0.0393. The Labute approximate surface area is 82.0 Å². The van der Waals surface area contributed by atoms with Gasteiger partial charge in [0.2, 0.25) is 0 Å². The molecular weight excluding hydrogens is 180 g/mol. The van der Waals surface area contributed by atoms with E-state index >= 15 is 0 Å². The summed E-state index contributed by atoms with van der Waals surface area (Å²) in [6.07, 6.45) is 0. The minimum atomic E-state index is 0.0393. The first-order chi connectivity index (χ1) is 6.31. The summed E-state index contributed by atoms with van der Waals surface area (Å²) >= 11 is 1.74. The van der Waals surface area contributed by atoms with E-state index in [0.29, 0.717) is 0 Å². The summed E-state index contributed by atoms with van der Waals surface area (Å²) in [5.41, 5.74) is 1.15. The number of fused-ring (bicyclic) bond motifs is 1. The van der Waals surface area contributed by atoms with Gasteiger partial charge in [-0.2, -0.15) is 5.26 Å². The lowest BCUT2D eigenvalue weighted by molar-refractivity contribution is 0.748. The molecule has 0 saturated heterocycles. The highest BCUT2D eigenvalue weighted by atomic mass is 32.2. The van der Waals surface area contributed by atoms with Gasteiger partial charge in [-0.1, -0.05) is 23.9 Å². The van der Waals surface area contributed by atoms with Gasteiger partial charge in [0.05, 0.1) is 17.4 Å². The first-order valence-electron chi connectivity index (χ1n) is 4.23. The maximum Gasteiger partial charge on any atom is 0.0926 e. The largest absolute Gasteiger partial charge is 0.371 e. The van der Waals surface area contributed by atoms with Gasteiger partial charge in [-0.3, -0.25) is 0 Å². The quantitative estimate of drug-likeness (QED) is 0.739. The van der Waals surface area contributed by atoms with Crippen molar-refractivity contribution >= 4 is 17.4 Å². The van der Waals surface area contributed by atoms with Crippen LogP contribution in [0.25, 0.3) is 0 Å². The number of anilines is 1. The van der Waals surface area contributed by atoms with E-state index in [1.807, 2.05) is 25.1 Å². The second-order valence-electron chi connectivity index (χ2n) is 3.10. The first kappa shape index (κ1) is 8.46. The number of para-hydroxylation sites is 1. The lowest BCUT2D eigenvalue weighted by Crippen LogP contribution is -2.18. The Hall–Kier alpha value is -1.14. The molecule has 13 heavy (non-hydrogen) atoms. The summed E-state index contributed by atoms with van der Waals surface area (Å²) in [6.45, 7) is 1.94. The van der Waals surface area contributed by atoms with E-state index in [4.69, 9.17) is 5.26 Å². The molecule has 0 spiro atoms. The summed E-state index contributed by atoms with van der Waals surface area (Å²) in [6, 6.07) is 10.4. The predicted molar refractivity (Wildman–Crippen MR) is 54.5 cm³/mol. The number of thioether (sulfide) groups is 1. The lowest BCUT2D eigenvalue weighted by atomic mass is 10.2. The van der Waals surface area contributed by atoms with Crippen molar-refractivity contribution in [3.05, 3.63) is 24.3 Å². The van der Waals surface area contributed by atoms with Crippen molar-refractivity contribution in [2.45, 2.75) is 17.2 Å². The number of nitrogens with one attached hydrogen (secondary N) is 1. The van der Waals surface area contributed by atoms with Gasteiger partial charge in [0.25, 0.3) is 0 Å². The average Bonchev–Trinajstić information content (AvgIpc) is 2.59. The smallest absolute Gasteiger partial charge is 0.0926 e. The van der Waals surface area contributed by atoms with Crippen LogP contribution in [-0.2, 0) is 0 Å². The van der Waals surface area contributed by atoms with Crippen LogP contribution < -0.4 is 5.32 Å². The summed E-state index contributed by atoms with van der Waals surface area (Å²) in [5, 5.41) is 12.3. The zero-order chi connectivity index (χ0) is 9.26. The second-order valence-corrected chi connectivity index (χ2v) is 4.28. The maximum atomic E-state index is 8.77. The van der Waals surface area contributed by atoms with Crippen LogP contribution in [0.4, 0.5) is 5.69 Å². The molecule has 1 aromatic rings. The fourth-order valence-electron chi connectivity index (χ4n) is 1.30. The molecule has 1 N–H and O–H groups in total. The predicted octanol–water partition coefficient (Wildman–Crippen LogP) is 2.69. The number of nitriles is 1. The third-order valence-corrected chi connectivity index (χ3v) is 3.49. The zero-order valence-electron chi connectivity index (χ0n) is 7.32. The van der Waals surface area contributed by atoms with Crippen molar-refractivity contribution in [2.24, 2.45) is 5.92 Å². The fraction of sp³-hybridized carbons (Fsp3) is 0.300. The molecule has 66 valence electrons. The standard InChI is InChI=1S/C10H10N2S/c1-7(6-11)10-12-8-4-2-3-5-9(8)13-10/h2-5,7,10,12H,1H3. The molecule has 0 fully saturated rings. The van der Waals surface area contributed by atoms with Gasteiger partial charge in [-0.05, 0) is 19.1 Å². The Morgan fingerprint density at radius 3 is 3.00 bits per heavy atom. The van der Waals surface area contributed by atoms with Gasteiger partial charge >= 0.3 is 0 Å². The van der Waals surface area contributed by atoms with Crippen LogP contribution in [0.3, 0.4) is 0 Å². The molecule has 0 aromatic heterocycles. The van der Waals surface area contributed by atoms with Gasteiger partial charge in [0.1, 0.15) is 0 Å². The van der Waals surface area contributed by atoms with Crippen LogP contribution in [-0.4, -0.2) is 5.37 Å². The average molecular weight is 190 g/mol. The van der Waals surface area contributed by atoms with Crippen molar-refractivity contribution in [2.75, 3.05) is 5.32 Å². The number of benzene rings is 1. The van der Waals surface area contributed by atoms with Crippen molar-refractivity contribution in [3.63, 3.8) is 0 Å². The van der Waals surface area contributed by atoms with Crippen molar-refractivity contribution in [1.29, 1.82) is 5.26 Å². The van der Waals surface area contributed by atoms with Gasteiger partial charge in [-0.25, -0.2) is 0 Å². The highest BCUT2D eigenvalue weighted by Crippen LogP contribution is 2.40. The first-order valence-corrected chi connectivity index (χ1v) is 5.11. The number of rotatable bonds is 1. The van der Waals surface area contributed by atoms with Crippen molar-refractivity contribution in [3.8, 4) is 6.07 Å². The van der Waals surface area contributed by atoms with Crippen LogP contribution in [0.1, 0.15) is 6.92 Å². The molecule has 2 atom stereocenters. The maximum absolute atomic E-state index is 8.77. The molecule has 1 heterocycles. The summed E-state index contributed by atoms with van der Waals surface area (Å²) in [7, 11) is 0. The van der Waals surface area contributed by atoms with E-state index in [1.54, 1.807) is 11.8 Å². The van der Waals surface area contributed by atoms with Crippen LogP contribution in [0.15, 0.2) is 29.2 Å². The second kappa shape index (κ2) is 3.31. The monoisotopic (exact) mass is 190 g/mol. The highest BCUT2D eigenvalue weighted by Gasteiger charge is 2.25. The third kappa shape index (κ3) is 1.50. The van der Waals surface area contributed by atoms with Gasteiger partial charge in [0.15, 0.2) is 0 Å². The molecule has 2 unspecified atom stereocenters. The molecule has 0 saturated carbocycles. The van der Waals surface area contributed by atoms with Gasteiger partial charge in [0, 0.05) is 10.6 Å². The molecule has 2 rings (SSSR count). The minimum absolute atomic E-state index is 0.0393. The van der Waals surface area contributed by atoms with Crippen LogP contribution in [0, 0.1) is 17.2 Å². The Bertz CT molecular complexity index is 331. The molecule has 0 aliphatic carbocycles. The van der Waals surface area contributed by atoms with Gasteiger partial charge in [-0.15, -0.1) is 0 Å². The molecule has 0 bridgehead atoms. The van der Waals surface area contributed by atoms with E-state index in [0.717, 1.165) is 5.69 Å². The number of nitrogens with zero attached hydrogens (tertiary/aromatic N) is 1. The molecule has 1 aliphatic rings. The topological polar surface area (TPSA) is 35.8 Å². The molecule has 1 aromatic carbocycles. The normalized spacial score (nSPS) is 21.4. The van der Waals surface area contributed by atoms with Crippen LogP contribution in [0.2, 0.25) is 0 Å². The van der Waals surface area contributed by atoms with E-state index in [-0.39, 0.29) is 11.3 Å². The Morgan fingerprint density at radius 1 is 1.54 bits per heavy atom. The third-order valence-electron chi connectivity index (χ3n) is 2.10. The minimum Gasteiger partial charge on any atom is -0.371 e.